The number of fused-ring (bicyclic) bond motifs is 1. The Labute approximate surface area is 74.5 Å². The van der Waals surface area contributed by atoms with Crippen molar-refractivity contribution in [3.8, 4) is 0 Å². The molecule has 1 aliphatic heterocycles. The largest absolute Gasteiger partial charge is 0.457 e. The Morgan fingerprint density at radius 2 is 2.31 bits per heavy atom. The highest BCUT2D eigenvalue weighted by Crippen LogP contribution is 2.22. The fourth-order valence-corrected chi connectivity index (χ4v) is 1.29. The van der Waals surface area contributed by atoms with Gasteiger partial charge in [0.25, 0.3) is 0 Å². The number of benzene rings is 1. The van der Waals surface area contributed by atoms with E-state index in [1.807, 2.05) is 0 Å². The zero-order valence-corrected chi connectivity index (χ0v) is 6.74. The Balaban J connectivity index is 2.39. The molecular formula is C9H7NO3. The normalized spacial score (nSPS) is 13.4. The quantitative estimate of drug-likeness (QED) is 0.540. The Kier molecular flexibility index (Phi) is 1.73. The lowest BCUT2D eigenvalue weighted by molar-refractivity contribution is -0.105. The van der Waals surface area contributed by atoms with E-state index in [2.05, 4.69) is 5.32 Å². The smallest absolute Gasteiger partial charge is 0.338 e. The molecule has 0 saturated carbocycles. The van der Waals surface area contributed by atoms with Gasteiger partial charge < -0.3 is 10.1 Å². The van der Waals surface area contributed by atoms with E-state index in [-0.39, 0.29) is 5.97 Å². The summed E-state index contributed by atoms with van der Waals surface area (Å²) in [5, 5.41) is 2.50. The van der Waals surface area contributed by atoms with Crippen LogP contribution in [0, 0.1) is 0 Å². The molecule has 1 N–H and O–H groups in total. The molecule has 0 aliphatic carbocycles. The minimum absolute atomic E-state index is 0.294. The number of carbonyl (C=O) groups is 2. The molecule has 1 amide bonds. The van der Waals surface area contributed by atoms with Crippen LogP contribution in [0.1, 0.15) is 15.9 Å². The second-order valence-electron chi connectivity index (χ2n) is 2.71. The topological polar surface area (TPSA) is 55.4 Å². The van der Waals surface area contributed by atoms with Gasteiger partial charge in [-0.15, -0.1) is 0 Å². The second kappa shape index (κ2) is 2.90. The van der Waals surface area contributed by atoms with Crippen molar-refractivity contribution < 1.29 is 14.3 Å². The first-order valence-electron chi connectivity index (χ1n) is 3.81. The van der Waals surface area contributed by atoms with Crippen molar-refractivity contribution in [3.05, 3.63) is 29.3 Å². The summed E-state index contributed by atoms with van der Waals surface area (Å²) >= 11 is 0. The van der Waals surface area contributed by atoms with Crippen molar-refractivity contribution in [1.82, 2.24) is 0 Å². The molecule has 1 aromatic carbocycles. The Morgan fingerprint density at radius 3 is 3.08 bits per heavy atom. The third-order valence-corrected chi connectivity index (χ3v) is 1.91. The Bertz CT molecular complexity index is 373. The van der Waals surface area contributed by atoms with Gasteiger partial charge in [-0.2, -0.15) is 0 Å². The molecule has 0 aromatic heterocycles. The predicted molar refractivity (Wildman–Crippen MR) is 45.2 cm³/mol. The molecule has 0 atom stereocenters. The molecule has 4 nitrogen and oxygen atoms in total. The Morgan fingerprint density at radius 1 is 1.46 bits per heavy atom. The van der Waals surface area contributed by atoms with E-state index in [9.17, 15) is 9.59 Å². The van der Waals surface area contributed by atoms with Gasteiger partial charge in [0, 0.05) is 11.3 Å². The summed E-state index contributed by atoms with van der Waals surface area (Å²) in [5.74, 6) is -0.298. The molecule has 0 fully saturated rings. The summed E-state index contributed by atoms with van der Waals surface area (Å²) in [6, 6.07) is 5.05. The van der Waals surface area contributed by atoms with Crippen molar-refractivity contribution in [2.24, 2.45) is 0 Å². The predicted octanol–water partition coefficient (Wildman–Crippen LogP) is 0.925. The van der Waals surface area contributed by atoms with Crippen LogP contribution in [0.5, 0.6) is 0 Å². The molecular weight excluding hydrogens is 170 g/mol. The van der Waals surface area contributed by atoms with Crippen LogP contribution >= 0.6 is 0 Å². The third kappa shape index (κ3) is 1.26. The van der Waals surface area contributed by atoms with Crippen LogP contribution in [0.25, 0.3) is 0 Å². The Hall–Kier alpha value is -1.84. The van der Waals surface area contributed by atoms with Gasteiger partial charge in [0.05, 0.1) is 5.56 Å². The highest BCUT2D eigenvalue weighted by Gasteiger charge is 2.20. The van der Waals surface area contributed by atoms with Crippen molar-refractivity contribution in [1.29, 1.82) is 0 Å². The number of rotatable bonds is 2. The number of hydrogen-bond donors (Lipinski definition) is 1. The summed E-state index contributed by atoms with van der Waals surface area (Å²) in [4.78, 5) is 21.2. The average molecular weight is 177 g/mol. The van der Waals surface area contributed by atoms with Crippen LogP contribution < -0.4 is 5.32 Å². The van der Waals surface area contributed by atoms with E-state index in [4.69, 9.17) is 4.74 Å². The second-order valence-corrected chi connectivity index (χ2v) is 2.71. The zero-order valence-electron chi connectivity index (χ0n) is 6.74. The molecule has 2 rings (SSSR count). The van der Waals surface area contributed by atoms with E-state index >= 15 is 0 Å². The van der Waals surface area contributed by atoms with Gasteiger partial charge in [-0.05, 0) is 18.2 Å². The maximum atomic E-state index is 11.0. The van der Waals surface area contributed by atoms with E-state index < -0.39 is 0 Å². The van der Waals surface area contributed by atoms with Gasteiger partial charge in [-0.25, -0.2) is 4.79 Å². The monoisotopic (exact) mass is 177 g/mol. The maximum Gasteiger partial charge on any atom is 0.338 e. The SMILES string of the molecule is O=CNc1ccc2c(c1)COC2=O. The lowest BCUT2D eigenvalue weighted by atomic mass is 10.1. The number of esters is 1. The summed E-state index contributed by atoms with van der Waals surface area (Å²) in [5.41, 5.74) is 2.07. The molecule has 4 heteroatoms. The van der Waals surface area contributed by atoms with Crippen molar-refractivity contribution in [2.45, 2.75) is 6.61 Å². The van der Waals surface area contributed by atoms with E-state index in [1.54, 1.807) is 18.2 Å². The molecule has 0 spiro atoms. The molecule has 1 aromatic rings. The average Bonchev–Trinajstić information content (AvgIpc) is 2.48. The number of nitrogens with one attached hydrogen (secondary N) is 1. The standard InChI is InChI=1S/C9H7NO3/c11-5-10-7-1-2-8-6(3-7)4-13-9(8)12/h1-3,5H,4H2,(H,10,11). The van der Waals surface area contributed by atoms with Gasteiger partial charge in [-0.1, -0.05) is 0 Å². The van der Waals surface area contributed by atoms with Crippen LogP contribution in [0.4, 0.5) is 5.69 Å². The molecule has 0 unspecified atom stereocenters. The van der Waals surface area contributed by atoms with Crippen molar-refractivity contribution in [3.63, 3.8) is 0 Å². The molecule has 1 aliphatic rings. The lowest BCUT2D eigenvalue weighted by Crippen LogP contribution is -1.96. The van der Waals surface area contributed by atoms with Crippen LogP contribution in [0.3, 0.4) is 0 Å². The van der Waals surface area contributed by atoms with Crippen LogP contribution in [0.15, 0.2) is 18.2 Å². The van der Waals surface area contributed by atoms with Gasteiger partial charge in [-0.3, -0.25) is 4.79 Å². The van der Waals surface area contributed by atoms with Crippen molar-refractivity contribution in [2.75, 3.05) is 5.32 Å². The highest BCUT2D eigenvalue weighted by molar-refractivity contribution is 5.94. The molecule has 0 saturated heterocycles. The summed E-state index contributed by atoms with van der Waals surface area (Å²) < 4.78 is 4.80. The number of carbonyl (C=O) groups excluding carboxylic acids is 2. The summed E-state index contributed by atoms with van der Waals surface area (Å²) in [7, 11) is 0. The number of anilines is 1. The van der Waals surface area contributed by atoms with Gasteiger partial charge in [0.1, 0.15) is 6.61 Å². The first-order valence-corrected chi connectivity index (χ1v) is 3.81. The van der Waals surface area contributed by atoms with E-state index in [0.717, 1.165) is 5.56 Å². The van der Waals surface area contributed by atoms with Crippen molar-refractivity contribution >= 4 is 18.1 Å². The minimum Gasteiger partial charge on any atom is -0.457 e. The van der Waals surface area contributed by atoms with E-state index in [0.29, 0.717) is 24.3 Å². The van der Waals surface area contributed by atoms with Crippen LogP contribution in [0.2, 0.25) is 0 Å². The number of ether oxygens (including phenoxy) is 1. The molecule has 13 heavy (non-hydrogen) atoms. The van der Waals surface area contributed by atoms with Crippen LogP contribution in [-0.4, -0.2) is 12.4 Å². The third-order valence-electron chi connectivity index (χ3n) is 1.91. The van der Waals surface area contributed by atoms with Crippen LogP contribution in [-0.2, 0) is 16.1 Å². The fraction of sp³-hybridized carbons (Fsp3) is 0.111. The molecule has 1 heterocycles. The molecule has 66 valence electrons. The minimum atomic E-state index is -0.298. The highest BCUT2D eigenvalue weighted by atomic mass is 16.5. The summed E-state index contributed by atoms with van der Waals surface area (Å²) in [6.07, 6.45) is 0.597. The van der Waals surface area contributed by atoms with Gasteiger partial charge in [0.2, 0.25) is 6.41 Å². The van der Waals surface area contributed by atoms with E-state index in [1.165, 1.54) is 0 Å². The summed E-state index contributed by atoms with van der Waals surface area (Å²) in [6.45, 7) is 0.294. The number of hydrogen-bond acceptors (Lipinski definition) is 3. The maximum absolute atomic E-state index is 11.0. The van der Waals surface area contributed by atoms with Gasteiger partial charge >= 0.3 is 5.97 Å². The molecule has 0 bridgehead atoms. The lowest BCUT2D eigenvalue weighted by Gasteiger charge is -1.99. The molecule has 0 radical (unpaired) electrons. The first kappa shape index (κ1) is 7.79. The van der Waals surface area contributed by atoms with Gasteiger partial charge in [0.15, 0.2) is 0 Å². The number of cyclic esters (lactones) is 1. The fourth-order valence-electron chi connectivity index (χ4n) is 1.29. The number of amides is 1. The first-order chi connectivity index (χ1) is 6.31. The zero-order chi connectivity index (χ0) is 9.26.